The van der Waals surface area contributed by atoms with Crippen molar-refractivity contribution in [2.45, 2.75) is 39.0 Å². The topological polar surface area (TPSA) is 64.6 Å². The molecule has 5 nitrogen and oxygen atoms in total. The van der Waals surface area contributed by atoms with E-state index in [0.29, 0.717) is 28.5 Å². The van der Waals surface area contributed by atoms with E-state index in [1.165, 1.54) is 18.4 Å². The quantitative estimate of drug-likeness (QED) is 0.611. The third kappa shape index (κ3) is 4.35. The molecular formula is C20H22BrNO4S. The summed E-state index contributed by atoms with van der Waals surface area (Å²) in [7, 11) is 1.37. The molecule has 1 heterocycles. The molecule has 1 aliphatic carbocycles. The van der Waals surface area contributed by atoms with Crippen molar-refractivity contribution in [3.05, 3.63) is 44.2 Å². The van der Waals surface area contributed by atoms with Gasteiger partial charge in [-0.25, -0.2) is 4.79 Å². The normalized spacial score (nSPS) is 13.0. The van der Waals surface area contributed by atoms with Crippen molar-refractivity contribution in [3.8, 4) is 5.75 Å². The average Bonchev–Trinajstić information content (AvgIpc) is 3.04. The van der Waals surface area contributed by atoms with Crippen LogP contribution in [0.3, 0.4) is 0 Å². The molecule has 3 rings (SSSR count). The van der Waals surface area contributed by atoms with Crippen LogP contribution in [-0.4, -0.2) is 25.6 Å². The molecule has 144 valence electrons. The van der Waals surface area contributed by atoms with E-state index in [2.05, 4.69) is 21.2 Å². The molecule has 0 aliphatic heterocycles. The van der Waals surface area contributed by atoms with Crippen molar-refractivity contribution in [2.75, 3.05) is 19.0 Å². The third-order valence-electron chi connectivity index (χ3n) is 4.44. The number of hydrogen-bond donors (Lipinski definition) is 1. The zero-order valence-electron chi connectivity index (χ0n) is 15.4. The van der Waals surface area contributed by atoms with Gasteiger partial charge in [-0.1, -0.05) is 22.9 Å². The predicted molar refractivity (Wildman–Crippen MR) is 110 cm³/mol. The first-order chi connectivity index (χ1) is 13.0. The fraction of sp³-hybridized carbons (Fsp3) is 0.400. The van der Waals surface area contributed by atoms with Crippen LogP contribution in [0.4, 0.5) is 5.00 Å². The summed E-state index contributed by atoms with van der Waals surface area (Å²) in [6, 6.07) is 5.34. The number of hydrogen-bond acceptors (Lipinski definition) is 5. The van der Waals surface area contributed by atoms with E-state index in [1.54, 1.807) is 12.1 Å². The molecule has 0 bridgehead atoms. The molecule has 0 atom stereocenters. The summed E-state index contributed by atoms with van der Waals surface area (Å²) in [5.41, 5.74) is 1.95. The van der Waals surface area contributed by atoms with Gasteiger partial charge in [-0.15, -0.1) is 11.3 Å². The lowest BCUT2D eigenvalue weighted by Gasteiger charge is -2.13. The number of carbonyl (C=O) groups excluding carboxylic acids is 2. The molecule has 1 aromatic carbocycles. The van der Waals surface area contributed by atoms with Gasteiger partial charge < -0.3 is 14.8 Å². The van der Waals surface area contributed by atoms with Crippen molar-refractivity contribution < 1.29 is 19.1 Å². The van der Waals surface area contributed by atoms with Gasteiger partial charge in [0.05, 0.1) is 24.8 Å². The van der Waals surface area contributed by atoms with E-state index in [1.807, 2.05) is 13.0 Å². The third-order valence-corrected chi connectivity index (χ3v) is 6.14. The van der Waals surface area contributed by atoms with Crippen molar-refractivity contribution >= 4 is 44.1 Å². The van der Waals surface area contributed by atoms with Crippen LogP contribution in [0.2, 0.25) is 0 Å². The predicted octanol–water partition coefficient (Wildman–Crippen LogP) is 5.22. The fourth-order valence-corrected chi connectivity index (χ4v) is 4.79. The summed E-state index contributed by atoms with van der Waals surface area (Å²) in [6.07, 6.45) is 4.76. The summed E-state index contributed by atoms with van der Waals surface area (Å²) in [6.45, 7) is 2.54. The molecule has 0 radical (unpaired) electrons. The van der Waals surface area contributed by atoms with Crippen molar-refractivity contribution in [1.29, 1.82) is 0 Å². The fourth-order valence-electron chi connectivity index (χ4n) is 3.16. The summed E-state index contributed by atoms with van der Waals surface area (Å²) in [5.74, 6) is -0.175. The van der Waals surface area contributed by atoms with Crippen LogP contribution in [0.25, 0.3) is 0 Å². The van der Waals surface area contributed by atoms with E-state index in [9.17, 15) is 9.59 Å². The Hall–Kier alpha value is -1.86. The Morgan fingerprint density at radius 1 is 1.26 bits per heavy atom. The largest absolute Gasteiger partial charge is 0.493 e. The number of ether oxygens (including phenoxy) is 2. The first-order valence-electron chi connectivity index (χ1n) is 9.01. The van der Waals surface area contributed by atoms with Gasteiger partial charge in [-0.3, -0.25) is 4.79 Å². The summed E-state index contributed by atoms with van der Waals surface area (Å²) < 4.78 is 11.5. The maximum atomic E-state index is 13.0. The summed E-state index contributed by atoms with van der Waals surface area (Å²) in [5, 5.41) is 3.48. The highest BCUT2D eigenvalue weighted by atomic mass is 79.9. The van der Waals surface area contributed by atoms with Crippen LogP contribution in [0, 0.1) is 0 Å². The van der Waals surface area contributed by atoms with E-state index >= 15 is 0 Å². The number of thiophene rings is 1. The second-order valence-electron chi connectivity index (χ2n) is 6.35. The number of amides is 1. The standard InChI is InChI=1S/C20H22BrNO4S/c1-3-10-26-15-9-8-12(21)11-14(15)18(23)22-19-17(20(24)25-2)13-6-4-5-7-16(13)27-19/h8-9,11H,3-7,10H2,1-2H3,(H,22,23). The number of methoxy groups -OCH3 is 1. The van der Waals surface area contributed by atoms with Crippen LogP contribution >= 0.6 is 27.3 Å². The van der Waals surface area contributed by atoms with Crippen molar-refractivity contribution in [3.63, 3.8) is 0 Å². The Balaban J connectivity index is 1.94. The monoisotopic (exact) mass is 451 g/mol. The van der Waals surface area contributed by atoms with Gasteiger partial charge in [0.15, 0.2) is 0 Å². The summed E-state index contributed by atoms with van der Waals surface area (Å²) in [4.78, 5) is 26.5. The Bertz CT molecular complexity index is 862. The Kier molecular flexibility index (Phi) is 6.55. The van der Waals surface area contributed by atoms with Gasteiger partial charge in [0.2, 0.25) is 0 Å². The van der Waals surface area contributed by atoms with Gasteiger partial charge in [0, 0.05) is 9.35 Å². The van der Waals surface area contributed by atoms with Crippen LogP contribution in [0.1, 0.15) is 57.3 Å². The molecule has 1 aliphatic rings. The average molecular weight is 452 g/mol. The highest BCUT2D eigenvalue weighted by Gasteiger charge is 2.27. The second kappa shape index (κ2) is 8.89. The number of carbonyl (C=O) groups is 2. The van der Waals surface area contributed by atoms with Crippen molar-refractivity contribution in [2.24, 2.45) is 0 Å². The van der Waals surface area contributed by atoms with Gasteiger partial charge in [-0.05, 0) is 55.9 Å². The minimum absolute atomic E-state index is 0.300. The smallest absolute Gasteiger partial charge is 0.341 e. The lowest BCUT2D eigenvalue weighted by Crippen LogP contribution is -2.16. The minimum atomic E-state index is -0.401. The van der Waals surface area contributed by atoms with E-state index in [4.69, 9.17) is 9.47 Å². The van der Waals surface area contributed by atoms with Gasteiger partial charge in [0.1, 0.15) is 10.8 Å². The molecule has 7 heteroatoms. The van der Waals surface area contributed by atoms with Crippen molar-refractivity contribution in [1.82, 2.24) is 0 Å². The molecule has 1 aromatic heterocycles. The van der Waals surface area contributed by atoms with Gasteiger partial charge >= 0.3 is 5.97 Å². The van der Waals surface area contributed by atoms with Gasteiger partial charge in [0.25, 0.3) is 5.91 Å². The number of halogens is 1. The maximum Gasteiger partial charge on any atom is 0.341 e. The molecule has 0 unspecified atom stereocenters. The molecule has 0 fully saturated rings. The van der Waals surface area contributed by atoms with E-state index in [-0.39, 0.29) is 5.91 Å². The minimum Gasteiger partial charge on any atom is -0.493 e. The van der Waals surface area contributed by atoms with Crippen LogP contribution in [0.5, 0.6) is 5.75 Å². The molecule has 0 saturated carbocycles. The first kappa shape index (κ1) is 19.9. The number of benzene rings is 1. The van der Waals surface area contributed by atoms with E-state index in [0.717, 1.165) is 47.0 Å². The number of fused-ring (bicyclic) bond motifs is 1. The SMILES string of the molecule is CCCOc1ccc(Br)cc1C(=O)Nc1sc2c(c1C(=O)OC)CCCC2. The molecule has 1 N–H and O–H groups in total. The number of esters is 1. The molecule has 0 spiro atoms. The molecular weight excluding hydrogens is 430 g/mol. The second-order valence-corrected chi connectivity index (χ2v) is 8.37. The number of aryl methyl sites for hydroxylation is 1. The highest BCUT2D eigenvalue weighted by Crippen LogP contribution is 2.39. The van der Waals surface area contributed by atoms with Crippen LogP contribution in [-0.2, 0) is 17.6 Å². The Morgan fingerprint density at radius 3 is 2.78 bits per heavy atom. The molecule has 2 aromatic rings. The summed E-state index contributed by atoms with van der Waals surface area (Å²) >= 11 is 4.88. The molecule has 1 amide bonds. The zero-order valence-corrected chi connectivity index (χ0v) is 17.8. The maximum absolute atomic E-state index is 13.0. The Morgan fingerprint density at radius 2 is 2.04 bits per heavy atom. The number of nitrogens with one attached hydrogen (secondary N) is 1. The number of anilines is 1. The van der Waals surface area contributed by atoms with Gasteiger partial charge in [-0.2, -0.15) is 0 Å². The zero-order chi connectivity index (χ0) is 19.4. The molecule has 0 saturated heterocycles. The Labute approximate surface area is 171 Å². The first-order valence-corrected chi connectivity index (χ1v) is 10.6. The van der Waals surface area contributed by atoms with E-state index < -0.39 is 5.97 Å². The van der Waals surface area contributed by atoms with Crippen LogP contribution < -0.4 is 10.1 Å². The number of rotatable bonds is 6. The lowest BCUT2D eigenvalue weighted by molar-refractivity contribution is 0.0601. The molecule has 27 heavy (non-hydrogen) atoms. The highest BCUT2D eigenvalue weighted by molar-refractivity contribution is 9.10. The van der Waals surface area contributed by atoms with Crippen LogP contribution in [0.15, 0.2) is 22.7 Å². The lowest BCUT2D eigenvalue weighted by atomic mass is 9.95.